The minimum Gasteiger partial charge on any atom is -0.271 e. The smallest absolute Gasteiger partial charge is 0.137 e. The number of hydrogen-bond donors (Lipinski definition) is 2. The SMILES string of the molecule is CCn1ncc(Cl)c1C(NN)c1ccc(Br)c(F)c1. The monoisotopic (exact) mass is 346 g/mol. The fourth-order valence-electron chi connectivity index (χ4n) is 1.94. The number of nitrogens with one attached hydrogen (secondary N) is 1. The van der Waals surface area contributed by atoms with Gasteiger partial charge in [-0.05, 0) is 40.5 Å². The van der Waals surface area contributed by atoms with E-state index in [-0.39, 0.29) is 5.82 Å². The van der Waals surface area contributed by atoms with E-state index in [2.05, 4.69) is 26.5 Å². The molecule has 2 aromatic rings. The first-order chi connectivity index (χ1) is 9.08. The van der Waals surface area contributed by atoms with Crippen LogP contribution < -0.4 is 11.3 Å². The fourth-order valence-corrected chi connectivity index (χ4v) is 2.43. The summed E-state index contributed by atoms with van der Waals surface area (Å²) in [5.74, 6) is 5.24. The molecule has 0 aliphatic carbocycles. The maximum atomic E-state index is 13.6. The Kier molecular flexibility index (Phi) is 4.57. The molecule has 19 heavy (non-hydrogen) atoms. The Labute approximate surface area is 123 Å². The summed E-state index contributed by atoms with van der Waals surface area (Å²) in [6.07, 6.45) is 1.56. The Morgan fingerprint density at radius 2 is 2.32 bits per heavy atom. The van der Waals surface area contributed by atoms with Crippen LogP contribution in [0.5, 0.6) is 0 Å². The number of hydrogen-bond acceptors (Lipinski definition) is 3. The number of aromatic nitrogens is 2. The van der Waals surface area contributed by atoms with E-state index >= 15 is 0 Å². The number of halogens is 3. The van der Waals surface area contributed by atoms with Crippen LogP contribution in [0.25, 0.3) is 0 Å². The number of nitrogens with zero attached hydrogens (tertiary/aromatic N) is 2. The average molecular weight is 348 g/mol. The third-order valence-corrected chi connectivity index (χ3v) is 3.78. The van der Waals surface area contributed by atoms with E-state index in [1.807, 2.05) is 6.92 Å². The molecule has 1 heterocycles. The molecule has 0 amide bonds. The van der Waals surface area contributed by atoms with Gasteiger partial charge in [0.15, 0.2) is 0 Å². The highest BCUT2D eigenvalue weighted by molar-refractivity contribution is 9.10. The third-order valence-electron chi connectivity index (χ3n) is 2.85. The van der Waals surface area contributed by atoms with Crippen LogP contribution in [-0.2, 0) is 6.54 Å². The van der Waals surface area contributed by atoms with Crippen LogP contribution in [0.1, 0.15) is 24.2 Å². The van der Waals surface area contributed by atoms with Gasteiger partial charge in [0.25, 0.3) is 0 Å². The minimum absolute atomic E-state index is 0.351. The lowest BCUT2D eigenvalue weighted by molar-refractivity contribution is 0.539. The summed E-state index contributed by atoms with van der Waals surface area (Å²) < 4.78 is 15.8. The molecule has 0 radical (unpaired) electrons. The molecule has 0 saturated carbocycles. The molecule has 102 valence electrons. The second kappa shape index (κ2) is 6.00. The first-order valence-electron chi connectivity index (χ1n) is 5.70. The van der Waals surface area contributed by atoms with Crippen molar-refractivity contribution in [3.05, 3.63) is 51.0 Å². The van der Waals surface area contributed by atoms with Crippen molar-refractivity contribution in [3.8, 4) is 0 Å². The third kappa shape index (κ3) is 2.81. The molecular weight excluding hydrogens is 335 g/mol. The second-order valence-corrected chi connectivity index (χ2v) is 5.23. The van der Waals surface area contributed by atoms with E-state index in [1.54, 1.807) is 23.0 Å². The molecular formula is C12H13BrClFN4. The van der Waals surface area contributed by atoms with E-state index in [0.717, 1.165) is 0 Å². The van der Waals surface area contributed by atoms with Crippen molar-refractivity contribution in [1.82, 2.24) is 15.2 Å². The fraction of sp³-hybridized carbons (Fsp3) is 0.250. The topological polar surface area (TPSA) is 55.9 Å². The van der Waals surface area contributed by atoms with Gasteiger partial charge in [-0.3, -0.25) is 10.5 Å². The maximum Gasteiger partial charge on any atom is 0.137 e. The van der Waals surface area contributed by atoms with Crippen LogP contribution in [0.3, 0.4) is 0 Å². The zero-order chi connectivity index (χ0) is 14.0. The lowest BCUT2D eigenvalue weighted by atomic mass is 10.0. The van der Waals surface area contributed by atoms with Gasteiger partial charge >= 0.3 is 0 Å². The Morgan fingerprint density at radius 3 is 2.89 bits per heavy atom. The molecule has 1 unspecified atom stereocenters. The van der Waals surface area contributed by atoms with E-state index in [1.165, 1.54) is 6.07 Å². The lowest BCUT2D eigenvalue weighted by Gasteiger charge is -2.18. The predicted molar refractivity (Wildman–Crippen MR) is 76.2 cm³/mol. The number of rotatable bonds is 4. The molecule has 1 atom stereocenters. The van der Waals surface area contributed by atoms with Gasteiger partial charge in [-0.15, -0.1) is 0 Å². The van der Waals surface area contributed by atoms with Gasteiger partial charge in [-0.2, -0.15) is 5.10 Å². The Morgan fingerprint density at radius 1 is 1.58 bits per heavy atom. The van der Waals surface area contributed by atoms with E-state index < -0.39 is 6.04 Å². The molecule has 1 aromatic carbocycles. The number of aryl methyl sites for hydroxylation is 1. The van der Waals surface area contributed by atoms with Gasteiger partial charge in [-0.25, -0.2) is 9.82 Å². The highest BCUT2D eigenvalue weighted by atomic mass is 79.9. The van der Waals surface area contributed by atoms with Gasteiger partial charge in [0.05, 0.1) is 27.4 Å². The van der Waals surface area contributed by atoms with Crippen LogP contribution >= 0.6 is 27.5 Å². The van der Waals surface area contributed by atoms with Crippen molar-refractivity contribution in [1.29, 1.82) is 0 Å². The lowest BCUT2D eigenvalue weighted by Crippen LogP contribution is -2.31. The Bertz CT molecular complexity index is 587. The van der Waals surface area contributed by atoms with Crippen molar-refractivity contribution >= 4 is 27.5 Å². The summed E-state index contributed by atoms with van der Waals surface area (Å²) in [7, 11) is 0. The second-order valence-electron chi connectivity index (χ2n) is 3.97. The van der Waals surface area contributed by atoms with Crippen LogP contribution in [-0.4, -0.2) is 9.78 Å². The first-order valence-corrected chi connectivity index (χ1v) is 6.87. The van der Waals surface area contributed by atoms with Gasteiger partial charge in [0.2, 0.25) is 0 Å². The van der Waals surface area contributed by atoms with Crippen LogP contribution in [0.2, 0.25) is 5.02 Å². The van der Waals surface area contributed by atoms with Gasteiger partial charge in [-0.1, -0.05) is 17.7 Å². The molecule has 0 fully saturated rings. The molecule has 0 aliphatic rings. The maximum absolute atomic E-state index is 13.6. The summed E-state index contributed by atoms with van der Waals surface area (Å²) in [5, 5.41) is 4.65. The molecule has 3 N–H and O–H groups in total. The molecule has 2 rings (SSSR count). The van der Waals surface area contributed by atoms with Crippen LogP contribution in [0, 0.1) is 5.82 Å². The van der Waals surface area contributed by atoms with Gasteiger partial charge in [0, 0.05) is 6.54 Å². The Hall–Kier alpha value is -0.950. The zero-order valence-electron chi connectivity index (χ0n) is 10.2. The Balaban J connectivity index is 2.49. The predicted octanol–water partition coefficient (Wildman–Crippen LogP) is 3.01. The van der Waals surface area contributed by atoms with Crippen molar-refractivity contribution < 1.29 is 4.39 Å². The normalized spacial score (nSPS) is 12.7. The van der Waals surface area contributed by atoms with Crippen molar-refractivity contribution in [2.45, 2.75) is 19.5 Å². The molecule has 0 spiro atoms. The van der Waals surface area contributed by atoms with Crippen LogP contribution in [0.4, 0.5) is 4.39 Å². The largest absolute Gasteiger partial charge is 0.271 e. The minimum atomic E-state index is -0.419. The molecule has 1 aromatic heterocycles. The summed E-state index contributed by atoms with van der Waals surface area (Å²) in [6.45, 7) is 2.60. The molecule has 0 aliphatic heterocycles. The van der Waals surface area contributed by atoms with Crippen molar-refractivity contribution in [2.75, 3.05) is 0 Å². The van der Waals surface area contributed by atoms with Crippen molar-refractivity contribution in [3.63, 3.8) is 0 Å². The summed E-state index contributed by atoms with van der Waals surface area (Å²) in [4.78, 5) is 0. The average Bonchev–Trinajstić information content (AvgIpc) is 2.76. The van der Waals surface area contributed by atoms with Crippen LogP contribution in [0.15, 0.2) is 28.9 Å². The number of nitrogens with two attached hydrogens (primary N) is 1. The molecule has 7 heteroatoms. The molecule has 0 saturated heterocycles. The number of benzene rings is 1. The summed E-state index contributed by atoms with van der Waals surface area (Å²) in [6, 6.07) is 4.41. The summed E-state index contributed by atoms with van der Waals surface area (Å²) in [5.41, 5.74) is 4.05. The highest BCUT2D eigenvalue weighted by Gasteiger charge is 2.21. The van der Waals surface area contributed by atoms with Gasteiger partial charge in [0.1, 0.15) is 5.82 Å². The van der Waals surface area contributed by atoms with E-state index in [9.17, 15) is 4.39 Å². The first kappa shape index (κ1) is 14.5. The summed E-state index contributed by atoms with van der Waals surface area (Å²) >= 11 is 9.26. The molecule has 0 bridgehead atoms. The molecule has 4 nitrogen and oxygen atoms in total. The van der Waals surface area contributed by atoms with E-state index in [4.69, 9.17) is 17.4 Å². The zero-order valence-corrected chi connectivity index (χ0v) is 12.5. The quantitative estimate of drug-likeness (QED) is 0.660. The highest BCUT2D eigenvalue weighted by Crippen LogP contribution is 2.29. The van der Waals surface area contributed by atoms with Gasteiger partial charge < -0.3 is 0 Å². The number of hydrazine groups is 1. The standard InChI is InChI=1S/C12H13BrClFN4/c1-2-19-12(9(14)6-17-19)11(18-16)7-3-4-8(13)10(15)5-7/h3-6,11,18H,2,16H2,1H3. The van der Waals surface area contributed by atoms with E-state index in [0.29, 0.717) is 27.3 Å². The van der Waals surface area contributed by atoms with Crippen molar-refractivity contribution in [2.24, 2.45) is 5.84 Å².